The van der Waals surface area contributed by atoms with Crippen LogP contribution in [0.3, 0.4) is 0 Å². The SMILES string of the molecule is COc1cc(/C=N\N(c2ccccc2)c2ccccc2)cc([N+](=O)[O-])c1[O-]. The van der Waals surface area contributed by atoms with Gasteiger partial charge in [-0.2, -0.15) is 5.10 Å². The van der Waals surface area contributed by atoms with Crippen molar-refractivity contribution < 1.29 is 14.8 Å². The molecule has 136 valence electrons. The quantitative estimate of drug-likeness (QED) is 0.377. The molecule has 0 radical (unpaired) electrons. The van der Waals surface area contributed by atoms with Crippen LogP contribution in [0, 0.1) is 10.1 Å². The number of hydrogen-bond acceptors (Lipinski definition) is 6. The van der Waals surface area contributed by atoms with Crippen LogP contribution in [0.1, 0.15) is 5.56 Å². The molecule has 0 aliphatic rings. The van der Waals surface area contributed by atoms with Gasteiger partial charge in [0.1, 0.15) is 5.75 Å². The molecule has 0 heterocycles. The molecule has 3 rings (SSSR count). The molecule has 0 bridgehead atoms. The lowest BCUT2D eigenvalue weighted by molar-refractivity contribution is -0.398. The van der Waals surface area contributed by atoms with Crippen molar-refractivity contribution in [1.29, 1.82) is 0 Å². The second-order valence-electron chi connectivity index (χ2n) is 5.56. The summed E-state index contributed by atoms with van der Waals surface area (Å²) >= 11 is 0. The lowest BCUT2D eigenvalue weighted by atomic mass is 10.2. The molecule has 0 atom stereocenters. The van der Waals surface area contributed by atoms with E-state index in [-0.39, 0.29) is 5.75 Å². The topological polar surface area (TPSA) is 91.0 Å². The van der Waals surface area contributed by atoms with E-state index in [0.29, 0.717) is 5.56 Å². The van der Waals surface area contributed by atoms with Crippen LogP contribution in [0.15, 0.2) is 77.9 Å². The average Bonchev–Trinajstić information content (AvgIpc) is 2.70. The number of hydrogen-bond donors (Lipinski definition) is 0. The summed E-state index contributed by atoms with van der Waals surface area (Å²) in [6, 6.07) is 21.6. The normalized spacial score (nSPS) is 10.7. The molecule has 0 saturated heterocycles. The third kappa shape index (κ3) is 4.04. The standard InChI is InChI=1S/C20H17N3O4/c1-27-19-13-15(12-18(20(19)24)23(25)26)14-21-22(16-8-4-2-5-9-16)17-10-6-3-7-11-17/h2-14,24H,1H3/p-1/b21-14-. The number of benzene rings is 3. The Hall–Kier alpha value is -3.87. The number of ether oxygens (including phenoxy) is 1. The minimum Gasteiger partial charge on any atom is -0.865 e. The first kappa shape index (κ1) is 17.9. The molecule has 0 spiro atoms. The Balaban J connectivity index is 2.03. The van der Waals surface area contributed by atoms with E-state index < -0.39 is 16.4 Å². The second-order valence-corrected chi connectivity index (χ2v) is 5.56. The number of hydrazone groups is 1. The van der Waals surface area contributed by atoms with Gasteiger partial charge in [0.15, 0.2) is 0 Å². The zero-order valence-corrected chi connectivity index (χ0v) is 14.5. The van der Waals surface area contributed by atoms with Gasteiger partial charge in [-0.3, -0.25) is 10.1 Å². The molecule has 0 fully saturated rings. The van der Waals surface area contributed by atoms with E-state index in [1.165, 1.54) is 25.5 Å². The van der Waals surface area contributed by atoms with Crippen LogP contribution in [0.5, 0.6) is 11.5 Å². The monoisotopic (exact) mass is 362 g/mol. The Morgan fingerprint density at radius 2 is 1.56 bits per heavy atom. The van der Waals surface area contributed by atoms with E-state index in [2.05, 4.69) is 5.10 Å². The minimum absolute atomic E-state index is 0.100. The van der Waals surface area contributed by atoms with Crippen molar-refractivity contribution in [2.45, 2.75) is 0 Å². The Labute approximate surface area is 155 Å². The van der Waals surface area contributed by atoms with E-state index in [9.17, 15) is 15.2 Å². The Morgan fingerprint density at radius 1 is 1.00 bits per heavy atom. The Morgan fingerprint density at radius 3 is 2.04 bits per heavy atom. The van der Waals surface area contributed by atoms with Gasteiger partial charge in [-0.05, 0) is 30.3 Å². The lowest BCUT2D eigenvalue weighted by Crippen LogP contribution is -2.09. The number of anilines is 2. The van der Waals surface area contributed by atoms with E-state index in [1.807, 2.05) is 60.7 Å². The van der Waals surface area contributed by atoms with Gasteiger partial charge in [-0.1, -0.05) is 36.4 Å². The van der Waals surface area contributed by atoms with Crippen molar-refractivity contribution in [1.82, 2.24) is 0 Å². The summed E-state index contributed by atoms with van der Waals surface area (Å²) in [4.78, 5) is 10.4. The highest BCUT2D eigenvalue weighted by atomic mass is 16.6. The summed E-state index contributed by atoms with van der Waals surface area (Å²) in [6.07, 6.45) is 1.45. The van der Waals surface area contributed by atoms with Crippen LogP contribution in [-0.4, -0.2) is 18.2 Å². The van der Waals surface area contributed by atoms with Crippen LogP contribution in [0.4, 0.5) is 17.1 Å². The Bertz CT molecular complexity index is 920. The molecular formula is C20H16N3O4-. The number of para-hydroxylation sites is 2. The molecule has 0 saturated carbocycles. The summed E-state index contributed by atoms with van der Waals surface area (Å²) < 4.78 is 4.96. The number of rotatable bonds is 6. The van der Waals surface area contributed by atoms with E-state index in [1.54, 1.807) is 5.01 Å². The van der Waals surface area contributed by atoms with E-state index >= 15 is 0 Å². The van der Waals surface area contributed by atoms with Crippen molar-refractivity contribution in [2.24, 2.45) is 5.10 Å². The zero-order chi connectivity index (χ0) is 19.2. The highest BCUT2D eigenvalue weighted by Crippen LogP contribution is 2.34. The fourth-order valence-electron chi connectivity index (χ4n) is 2.52. The molecule has 7 nitrogen and oxygen atoms in total. The van der Waals surface area contributed by atoms with Crippen molar-refractivity contribution in [3.05, 3.63) is 88.5 Å². The van der Waals surface area contributed by atoms with Crippen molar-refractivity contribution in [2.75, 3.05) is 12.1 Å². The van der Waals surface area contributed by atoms with Gasteiger partial charge in [0.05, 0.1) is 29.6 Å². The number of nitrogens with zero attached hydrogens (tertiary/aromatic N) is 3. The molecule has 0 aromatic heterocycles. The summed E-state index contributed by atoms with van der Waals surface area (Å²) in [5, 5.41) is 29.2. The van der Waals surface area contributed by atoms with Crippen LogP contribution < -0.4 is 14.9 Å². The van der Waals surface area contributed by atoms with Crippen LogP contribution >= 0.6 is 0 Å². The van der Waals surface area contributed by atoms with Crippen LogP contribution in [-0.2, 0) is 0 Å². The molecule has 0 amide bonds. The maximum atomic E-state index is 12.0. The summed E-state index contributed by atoms with van der Waals surface area (Å²) in [7, 11) is 1.29. The third-order valence-corrected chi connectivity index (χ3v) is 3.80. The number of methoxy groups -OCH3 is 1. The number of nitro groups is 1. The second kappa shape index (κ2) is 8.01. The fraction of sp³-hybridized carbons (Fsp3) is 0.0500. The smallest absolute Gasteiger partial charge is 0.266 e. The van der Waals surface area contributed by atoms with Gasteiger partial charge in [-0.25, -0.2) is 5.01 Å². The zero-order valence-electron chi connectivity index (χ0n) is 14.5. The maximum absolute atomic E-state index is 12.0. The molecule has 0 N–H and O–H groups in total. The molecule has 0 aliphatic heterocycles. The van der Waals surface area contributed by atoms with Gasteiger partial charge < -0.3 is 9.84 Å². The summed E-state index contributed by atoms with van der Waals surface area (Å²) in [6.45, 7) is 0. The molecule has 27 heavy (non-hydrogen) atoms. The molecule has 0 aliphatic carbocycles. The molecule has 7 heteroatoms. The van der Waals surface area contributed by atoms with Gasteiger partial charge in [0.25, 0.3) is 5.69 Å². The maximum Gasteiger partial charge on any atom is 0.266 e. The molecule has 3 aromatic rings. The van der Waals surface area contributed by atoms with E-state index in [4.69, 9.17) is 4.74 Å². The molecular weight excluding hydrogens is 346 g/mol. The van der Waals surface area contributed by atoms with E-state index in [0.717, 1.165) is 11.4 Å². The fourth-order valence-corrected chi connectivity index (χ4v) is 2.52. The van der Waals surface area contributed by atoms with Crippen molar-refractivity contribution >= 4 is 23.3 Å². The molecule has 0 unspecified atom stereocenters. The lowest BCUT2D eigenvalue weighted by Gasteiger charge is -2.19. The van der Waals surface area contributed by atoms with Crippen molar-refractivity contribution in [3.63, 3.8) is 0 Å². The first-order valence-electron chi connectivity index (χ1n) is 8.08. The number of nitro benzene ring substituents is 1. The van der Waals surface area contributed by atoms with Crippen molar-refractivity contribution in [3.8, 4) is 11.5 Å². The summed E-state index contributed by atoms with van der Waals surface area (Å²) in [5.74, 6) is -0.862. The van der Waals surface area contributed by atoms with Gasteiger partial charge in [0, 0.05) is 17.4 Å². The largest absolute Gasteiger partial charge is 0.865 e. The first-order chi connectivity index (χ1) is 13.1. The average molecular weight is 362 g/mol. The van der Waals surface area contributed by atoms with Crippen LogP contribution in [0.2, 0.25) is 0 Å². The highest BCUT2D eigenvalue weighted by Gasteiger charge is 2.13. The highest BCUT2D eigenvalue weighted by molar-refractivity contribution is 5.84. The van der Waals surface area contributed by atoms with Crippen LogP contribution in [0.25, 0.3) is 0 Å². The van der Waals surface area contributed by atoms with Gasteiger partial charge in [-0.15, -0.1) is 0 Å². The van der Waals surface area contributed by atoms with Gasteiger partial charge in [0.2, 0.25) is 0 Å². The van der Waals surface area contributed by atoms with Gasteiger partial charge >= 0.3 is 0 Å². The predicted molar refractivity (Wildman–Crippen MR) is 102 cm³/mol. The first-order valence-corrected chi connectivity index (χ1v) is 8.08. The Kier molecular flexibility index (Phi) is 5.32. The third-order valence-electron chi connectivity index (χ3n) is 3.80. The molecule has 3 aromatic carbocycles. The predicted octanol–water partition coefficient (Wildman–Crippen LogP) is 3.85. The summed E-state index contributed by atoms with van der Waals surface area (Å²) in [5.41, 5.74) is 1.47. The minimum atomic E-state index is -0.761.